The minimum Gasteiger partial charge on any atom is -0.354 e. The lowest BCUT2D eigenvalue weighted by atomic mass is 10.0. The molecule has 0 saturated carbocycles. The van der Waals surface area contributed by atoms with E-state index in [1.165, 1.54) is 23.1 Å². The molecule has 2 amide bonds. The molecule has 0 aromatic heterocycles. The Hall–Kier alpha value is -3.85. The highest BCUT2D eigenvalue weighted by atomic mass is 35.5. The fraction of sp³-hybridized carbons (Fsp3) is 0.257. The average Bonchev–Trinajstić information content (AvgIpc) is 3.02. The average molecular weight is 667 g/mol. The number of hydrogen-bond donors (Lipinski definition) is 1. The molecular formula is C35H37Cl2N3O4S. The van der Waals surface area contributed by atoms with Gasteiger partial charge in [-0.2, -0.15) is 0 Å². The second kappa shape index (κ2) is 15.9. The van der Waals surface area contributed by atoms with Crippen LogP contribution in [0.25, 0.3) is 0 Å². The largest absolute Gasteiger partial charge is 0.354 e. The van der Waals surface area contributed by atoms with Crippen LogP contribution >= 0.6 is 23.2 Å². The molecule has 0 saturated heterocycles. The Morgan fingerprint density at radius 3 is 2.11 bits per heavy atom. The second-order valence-electron chi connectivity index (χ2n) is 10.8. The number of carbonyl (C=O) groups excluding carboxylic acids is 2. The van der Waals surface area contributed by atoms with Gasteiger partial charge < -0.3 is 10.2 Å². The minimum atomic E-state index is -4.21. The van der Waals surface area contributed by atoms with Gasteiger partial charge in [0.15, 0.2) is 0 Å². The molecule has 0 spiro atoms. The number of benzene rings is 4. The first-order chi connectivity index (χ1) is 21.6. The Balaban J connectivity index is 1.79. The number of unbranched alkanes of at least 4 members (excludes halogenated alkanes) is 1. The summed E-state index contributed by atoms with van der Waals surface area (Å²) in [6.45, 7) is 3.81. The summed E-state index contributed by atoms with van der Waals surface area (Å²) >= 11 is 12.6. The van der Waals surface area contributed by atoms with E-state index in [9.17, 15) is 18.0 Å². The van der Waals surface area contributed by atoms with Gasteiger partial charge in [0, 0.05) is 29.6 Å². The summed E-state index contributed by atoms with van der Waals surface area (Å²) in [6, 6.07) is 28.3. The summed E-state index contributed by atoms with van der Waals surface area (Å²) in [6.07, 6.45) is 1.90. The van der Waals surface area contributed by atoms with E-state index in [4.69, 9.17) is 23.2 Å². The maximum atomic E-state index is 14.5. The van der Waals surface area contributed by atoms with Crippen LogP contribution in [-0.4, -0.2) is 44.3 Å². The van der Waals surface area contributed by atoms with Crippen molar-refractivity contribution >= 4 is 50.7 Å². The van der Waals surface area contributed by atoms with Gasteiger partial charge in [-0.15, -0.1) is 0 Å². The van der Waals surface area contributed by atoms with Crippen molar-refractivity contribution in [2.45, 2.75) is 50.6 Å². The first kappa shape index (κ1) is 34.0. The van der Waals surface area contributed by atoms with Crippen LogP contribution in [-0.2, 0) is 32.6 Å². The zero-order valence-electron chi connectivity index (χ0n) is 25.3. The van der Waals surface area contributed by atoms with E-state index in [0.29, 0.717) is 22.2 Å². The number of anilines is 1. The number of nitrogens with zero attached hydrogens (tertiary/aromatic N) is 2. The third kappa shape index (κ3) is 9.33. The molecular weight excluding hydrogens is 629 g/mol. The number of aryl methyl sites for hydroxylation is 1. The van der Waals surface area contributed by atoms with Crippen molar-refractivity contribution in [1.82, 2.24) is 10.2 Å². The molecule has 0 heterocycles. The van der Waals surface area contributed by atoms with Gasteiger partial charge in [0.1, 0.15) is 12.6 Å². The van der Waals surface area contributed by atoms with E-state index in [0.717, 1.165) is 28.3 Å². The predicted molar refractivity (Wildman–Crippen MR) is 181 cm³/mol. The van der Waals surface area contributed by atoms with Crippen molar-refractivity contribution in [3.8, 4) is 0 Å². The molecule has 10 heteroatoms. The van der Waals surface area contributed by atoms with Crippen LogP contribution in [0, 0.1) is 6.92 Å². The number of halogens is 2. The third-order valence-electron chi connectivity index (χ3n) is 7.33. The van der Waals surface area contributed by atoms with Gasteiger partial charge in [-0.3, -0.25) is 13.9 Å². The molecule has 0 aliphatic carbocycles. The normalized spacial score (nSPS) is 11.9. The van der Waals surface area contributed by atoms with Crippen molar-refractivity contribution in [2.75, 3.05) is 17.4 Å². The zero-order chi connectivity index (χ0) is 32.4. The Morgan fingerprint density at radius 1 is 0.822 bits per heavy atom. The Bertz CT molecular complexity index is 1700. The molecule has 45 heavy (non-hydrogen) atoms. The smallest absolute Gasteiger partial charge is 0.264 e. The van der Waals surface area contributed by atoms with Gasteiger partial charge in [-0.05, 0) is 66.9 Å². The molecule has 1 N–H and O–H groups in total. The highest BCUT2D eigenvalue weighted by molar-refractivity contribution is 7.92. The van der Waals surface area contributed by atoms with Crippen LogP contribution in [0.5, 0.6) is 0 Å². The van der Waals surface area contributed by atoms with Crippen LogP contribution in [0.4, 0.5) is 5.69 Å². The number of carbonyl (C=O) groups is 2. The standard InChI is InChI=1S/C35H37Cl2N3O4S/c1-3-4-20-38-35(42)33(22-27-10-6-5-7-11-27)39(24-28-12-8-13-29(36)21-28)34(41)25-40(31-15-9-14-30(37)23-31)45(43,44)32-18-16-26(2)17-19-32/h5-19,21,23,33H,3-4,20,22,24-25H2,1-2H3,(H,38,42)/t33-/m1/s1. The molecule has 0 radical (unpaired) electrons. The first-order valence-corrected chi connectivity index (χ1v) is 17.0. The number of sulfonamides is 1. The number of rotatable bonds is 14. The fourth-order valence-corrected chi connectivity index (χ4v) is 6.69. The molecule has 236 valence electrons. The molecule has 0 aliphatic rings. The lowest BCUT2D eigenvalue weighted by molar-refractivity contribution is -0.140. The summed E-state index contributed by atoms with van der Waals surface area (Å²) in [5.41, 5.74) is 2.68. The van der Waals surface area contributed by atoms with E-state index < -0.39 is 28.5 Å². The number of nitrogens with one attached hydrogen (secondary N) is 1. The van der Waals surface area contributed by atoms with Crippen molar-refractivity contribution in [3.63, 3.8) is 0 Å². The van der Waals surface area contributed by atoms with Crippen LogP contribution in [0.15, 0.2) is 108 Å². The maximum Gasteiger partial charge on any atom is 0.264 e. The molecule has 0 bridgehead atoms. The number of hydrogen-bond acceptors (Lipinski definition) is 4. The molecule has 4 aromatic carbocycles. The molecule has 4 rings (SSSR count). The van der Waals surface area contributed by atoms with Gasteiger partial charge in [-0.25, -0.2) is 8.42 Å². The maximum absolute atomic E-state index is 14.5. The van der Waals surface area contributed by atoms with E-state index >= 15 is 0 Å². The van der Waals surface area contributed by atoms with E-state index in [1.807, 2.05) is 50.2 Å². The molecule has 7 nitrogen and oxygen atoms in total. The summed E-state index contributed by atoms with van der Waals surface area (Å²) in [5, 5.41) is 3.78. The lowest BCUT2D eigenvalue weighted by Gasteiger charge is -2.34. The summed E-state index contributed by atoms with van der Waals surface area (Å²) in [7, 11) is -4.21. The monoisotopic (exact) mass is 665 g/mol. The van der Waals surface area contributed by atoms with Crippen molar-refractivity contribution in [3.05, 3.63) is 130 Å². The molecule has 0 unspecified atom stereocenters. The fourth-order valence-electron chi connectivity index (χ4n) is 4.89. The first-order valence-electron chi connectivity index (χ1n) is 14.8. The van der Waals surface area contributed by atoms with Crippen molar-refractivity contribution in [2.24, 2.45) is 0 Å². The van der Waals surface area contributed by atoms with E-state index in [2.05, 4.69) is 5.32 Å². The van der Waals surface area contributed by atoms with Crippen LogP contribution in [0.2, 0.25) is 10.0 Å². The highest BCUT2D eigenvalue weighted by Crippen LogP contribution is 2.27. The van der Waals surface area contributed by atoms with Crippen molar-refractivity contribution in [1.29, 1.82) is 0 Å². The van der Waals surface area contributed by atoms with Gasteiger partial charge in [-0.1, -0.05) is 103 Å². The SMILES string of the molecule is CCCCNC(=O)[C@@H](Cc1ccccc1)N(Cc1cccc(Cl)c1)C(=O)CN(c1cccc(Cl)c1)S(=O)(=O)c1ccc(C)cc1. The van der Waals surface area contributed by atoms with Gasteiger partial charge in [0.05, 0.1) is 10.6 Å². The quantitative estimate of drug-likeness (QED) is 0.146. The van der Waals surface area contributed by atoms with Crippen LogP contribution in [0.3, 0.4) is 0 Å². The second-order valence-corrected chi connectivity index (χ2v) is 13.5. The molecule has 1 atom stereocenters. The molecule has 0 fully saturated rings. The van der Waals surface area contributed by atoms with E-state index in [-0.39, 0.29) is 29.5 Å². The molecule has 4 aromatic rings. The van der Waals surface area contributed by atoms with E-state index in [1.54, 1.807) is 48.5 Å². The van der Waals surface area contributed by atoms with Crippen LogP contribution in [0.1, 0.15) is 36.5 Å². The summed E-state index contributed by atoms with van der Waals surface area (Å²) in [5.74, 6) is -0.879. The number of amides is 2. The zero-order valence-corrected chi connectivity index (χ0v) is 27.7. The minimum absolute atomic E-state index is 0.0282. The Morgan fingerprint density at radius 2 is 1.47 bits per heavy atom. The lowest BCUT2D eigenvalue weighted by Crippen LogP contribution is -2.53. The third-order valence-corrected chi connectivity index (χ3v) is 9.58. The predicted octanol–water partition coefficient (Wildman–Crippen LogP) is 7.05. The summed E-state index contributed by atoms with van der Waals surface area (Å²) in [4.78, 5) is 29.7. The topological polar surface area (TPSA) is 86.8 Å². The van der Waals surface area contributed by atoms with Crippen molar-refractivity contribution < 1.29 is 18.0 Å². The summed E-state index contributed by atoms with van der Waals surface area (Å²) < 4.78 is 29.2. The van der Waals surface area contributed by atoms with Crippen LogP contribution < -0.4 is 9.62 Å². The highest BCUT2D eigenvalue weighted by Gasteiger charge is 2.34. The van der Waals surface area contributed by atoms with Gasteiger partial charge in [0.25, 0.3) is 10.0 Å². The van der Waals surface area contributed by atoms with Gasteiger partial charge >= 0.3 is 0 Å². The molecule has 0 aliphatic heterocycles. The van der Waals surface area contributed by atoms with Gasteiger partial charge in [0.2, 0.25) is 11.8 Å². The Kier molecular flexibility index (Phi) is 12.0. The Labute approximate surface area is 275 Å².